The van der Waals surface area contributed by atoms with Crippen LogP contribution in [0.25, 0.3) is 0 Å². The third kappa shape index (κ3) is 4.58. The second-order valence-electron chi connectivity index (χ2n) is 5.29. The molecular weight excluding hydrogens is 318 g/mol. The molecule has 1 aliphatic heterocycles. The van der Waals surface area contributed by atoms with Gasteiger partial charge in [-0.3, -0.25) is 4.79 Å². The van der Waals surface area contributed by atoms with E-state index in [1.165, 1.54) is 19.3 Å². The molecule has 4 nitrogen and oxygen atoms in total. The molecule has 1 aromatic carbocycles. The van der Waals surface area contributed by atoms with Gasteiger partial charge in [-0.15, -0.1) is 0 Å². The molecule has 1 aromatic rings. The first-order valence-electron chi connectivity index (χ1n) is 7.12. The average molecular weight is 340 g/mol. The molecule has 1 unspecified atom stereocenters. The third-order valence-corrected chi connectivity index (χ3v) is 4.43. The summed E-state index contributed by atoms with van der Waals surface area (Å²) in [5.41, 5.74) is 0.814. The van der Waals surface area contributed by atoms with Crippen molar-refractivity contribution in [3.05, 3.63) is 28.7 Å². The van der Waals surface area contributed by atoms with E-state index in [1.807, 2.05) is 24.3 Å². The first-order chi connectivity index (χ1) is 9.66. The fourth-order valence-electron chi connectivity index (χ4n) is 2.51. The lowest BCUT2D eigenvalue weighted by Crippen LogP contribution is -2.44. The summed E-state index contributed by atoms with van der Waals surface area (Å²) < 4.78 is 0.903. The molecule has 1 atom stereocenters. The van der Waals surface area contributed by atoms with E-state index in [2.05, 4.69) is 38.5 Å². The normalized spacial score (nSPS) is 19.8. The lowest BCUT2D eigenvalue weighted by Gasteiger charge is -2.32. The van der Waals surface area contributed by atoms with E-state index >= 15 is 0 Å². The van der Waals surface area contributed by atoms with Crippen molar-refractivity contribution in [3.8, 4) is 0 Å². The van der Waals surface area contributed by atoms with E-state index in [4.69, 9.17) is 0 Å². The molecule has 0 aromatic heterocycles. The summed E-state index contributed by atoms with van der Waals surface area (Å²) in [6, 6.07) is 8.19. The van der Waals surface area contributed by atoms with Gasteiger partial charge in [0.25, 0.3) is 0 Å². The van der Waals surface area contributed by atoms with Crippen LogP contribution in [-0.4, -0.2) is 43.5 Å². The van der Waals surface area contributed by atoms with E-state index in [0.717, 1.165) is 23.2 Å². The highest BCUT2D eigenvalue weighted by molar-refractivity contribution is 9.10. The van der Waals surface area contributed by atoms with Gasteiger partial charge in [0.05, 0.1) is 12.2 Å². The van der Waals surface area contributed by atoms with Crippen molar-refractivity contribution in [2.45, 2.75) is 25.3 Å². The number of likely N-dealkylation sites (N-methyl/N-ethyl adjacent to an activating group) is 1. The van der Waals surface area contributed by atoms with E-state index in [1.54, 1.807) is 0 Å². The smallest absolute Gasteiger partial charge is 0.238 e. The molecule has 0 aliphatic carbocycles. The van der Waals surface area contributed by atoms with Gasteiger partial charge in [0.15, 0.2) is 0 Å². The molecule has 2 rings (SSSR count). The quantitative estimate of drug-likeness (QED) is 0.866. The topological polar surface area (TPSA) is 44.4 Å². The van der Waals surface area contributed by atoms with Crippen LogP contribution >= 0.6 is 15.9 Å². The number of piperidine rings is 1. The van der Waals surface area contributed by atoms with Crippen LogP contribution in [0.2, 0.25) is 0 Å². The maximum absolute atomic E-state index is 11.9. The zero-order valence-corrected chi connectivity index (χ0v) is 13.4. The molecule has 1 fully saturated rings. The number of nitrogens with one attached hydrogen (secondary N) is 2. The fourth-order valence-corrected chi connectivity index (χ4v) is 2.90. The number of anilines is 1. The van der Waals surface area contributed by atoms with E-state index in [9.17, 15) is 4.79 Å². The molecule has 20 heavy (non-hydrogen) atoms. The number of nitrogens with zero attached hydrogens (tertiary/aromatic N) is 1. The van der Waals surface area contributed by atoms with Crippen LogP contribution in [0.5, 0.6) is 0 Å². The van der Waals surface area contributed by atoms with Crippen LogP contribution in [0, 0.1) is 0 Å². The van der Waals surface area contributed by atoms with Gasteiger partial charge in [0.1, 0.15) is 0 Å². The van der Waals surface area contributed by atoms with Crippen LogP contribution in [0.1, 0.15) is 19.3 Å². The molecular formula is C15H22BrN3O. The number of carbonyl (C=O) groups excluding carboxylic acids is 1. The second kappa shape index (κ2) is 7.76. The number of halogens is 1. The van der Waals surface area contributed by atoms with E-state index in [0.29, 0.717) is 12.6 Å². The number of rotatable bonds is 5. The van der Waals surface area contributed by atoms with E-state index < -0.39 is 0 Å². The molecule has 0 spiro atoms. The molecule has 1 amide bonds. The minimum atomic E-state index is -0.00429. The van der Waals surface area contributed by atoms with Crippen molar-refractivity contribution in [1.82, 2.24) is 10.2 Å². The first kappa shape index (κ1) is 15.5. The molecule has 0 saturated carbocycles. The van der Waals surface area contributed by atoms with Crippen LogP contribution in [0.4, 0.5) is 5.69 Å². The zero-order chi connectivity index (χ0) is 14.4. The highest BCUT2D eigenvalue weighted by Crippen LogP contribution is 2.20. The predicted molar refractivity (Wildman–Crippen MR) is 85.9 cm³/mol. The SMILES string of the molecule is CN1CCCCC1CNCC(=O)Nc1ccccc1Br. The molecule has 1 saturated heterocycles. The molecule has 1 heterocycles. The Morgan fingerprint density at radius 3 is 2.95 bits per heavy atom. The van der Waals surface area contributed by atoms with Gasteiger partial charge in [-0.05, 0) is 54.5 Å². The molecule has 2 N–H and O–H groups in total. The molecule has 110 valence electrons. The van der Waals surface area contributed by atoms with Crippen molar-refractivity contribution >= 4 is 27.5 Å². The monoisotopic (exact) mass is 339 g/mol. The van der Waals surface area contributed by atoms with Crippen LogP contribution in [0.15, 0.2) is 28.7 Å². The Morgan fingerprint density at radius 2 is 2.20 bits per heavy atom. The van der Waals surface area contributed by atoms with Gasteiger partial charge in [-0.1, -0.05) is 18.6 Å². The summed E-state index contributed by atoms with van der Waals surface area (Å²) in [6.45, 7) is 2.39. The average Bonchev–Trinajstić information content (AvgIpc) is 2.43. The van der Waals surface area contributed by atoms with Crippen LogP contribution in [-0.2, 0) is 4.79 Å². The Hall–Kier alpha value is -0.910. The summed E-state index contributed by atoms with van der Waals surface area (Å²) >= 11 is 3.42. The van der Waals surface area contributed by atoms with Gasteiger partial charge in [0, 0.05) is 17.1 Å². The Bertz CT molecular complexity index is 452. The van der Waals surface area contributed by atoms with Gasteiger partial charge in [-0.2, -0.15) is 0 Å². The summed E-state index contributed by atoms with van der Waals surface area (Å²) in [5, 5.41) is 6.15. The summed E-state index contributed by atoms with van der Waals surface area (Å²) in [5.74, 6) is -0.00429. The Labute approximate surface area is 129 Å². The number of hydrogen-bond donors (Lipinski definition) is 2. The minimum Gasteiger partial charge on any atom is -0.324 e. The van der Waals surface area contributed by atoms with Crippen LogP contribution in [0.3, 0.4) is 0 Å². The number of para-hydroxylation sites is 1. The fraction of sp³-hybridized carbons (Fsp3) is 0.533. The van der Waals surface area contributed by atoms with Gasteiger partial charge >= 0.3 is 0 Å². The zero-order valence-electron chi connectivity index (χ0n) is 11.9. The predicted octanol–water partition coefficient (Wildman–Crippen LogP) is 2.46. The summed E-state index contributed by atoms with van der Waals surface area (Å²) in [4.78, 5) is 14.3. The van der Waals surface area contributed by atoms with Gasteiger partial charge in [-0.25, -0.2) is 0 Å². The van der Waals surface area contributed by atoms with Gasteiger partial charge in [0.2, 0.25) is 5.91 Å². The Kier molecular flexibility index (Phi) is 6.01. The van der Waals surface area contributed by atoms with Crippen molar-refractivity contribution in [2.24, 2.45) is 0 Å². The number of carbonyl (C=O) groups is 1. The largest absolute Gasteiger partial charge is 0.324 e. The molecule has 1 aliphatic rings. The van der Waals surface area contributed by atoms with Crippen molar-refractivity contribution in [1.29, 1.82) is 0 Å². The number of benzene rings is 1. The van der Waals surface area contributed by atoms with E-state index in [-0.39, 0.29) is 5.91 Å². The lowest BCUT2D eigenvalue weighted by atomic mass is 10.0. The minimum absolute atomic E-state index is 0.00429. The molecule has 0 radical (unpaired) electrons. The van der Waals surface area contributed by atoms with Crippen molar-refractivity contribution in [3.63, 3.8) is 0 Å². The summed E-state index contributed by atoms with van der Waals surface area (Å²) in [6.07, 6.45) is 3.80. The Balaban J connectivity index is 1.71. The highest BCUT2D eigenvalue weighted by Gasteiger charge is 2.18. The standard InChI is InChI=1S/C15H22BrN3O/c1-19-9-5-4-6-12(19)10-17-11-15(20)18-14-8-3-2-7-13(14)16/h2-3,7-8,12,17H,4-6,9-11H2,1H3,(H,18,20). The number of likely N-dealkylation sites (tertiary alicyclic amines) is 1. The summed E-state index contributed by atoms with van der Waals surface area (Å²) in [7, 11) is 2.16. The number of hydrogen-bond acceptors (Lipinski definition) is 3. The maximum Gasteiger partial charge on any atom is 0.238 e. The highest BCUT2D eigenvalue weighted by atomic mass is 79.9. The second-order valence-corrected chi connectivity index (χ2v) is 6.14. The van der Waals surface area contributed by atoms with Gasteiger partial charge < -0.3 is 15.5 Å². The maximum atomic E-state index is 11.9. The Morgan fingerprint density at radius 1 is 1.40 bits per heavy atom. The lowest BCUT2D eigenvalue weighted by molar-refractivity contribution is -0.115. The van der Waals surface area contributed by atoms with Crippen molar-refractivity contribution < 1.29 is 4.79 Å². The molecule has 5 heteroatoms. The molecule has 0 bridgehead atoms. The first-order valence-corrected chi connectivity index (χ1v) is 7.91. The third-order valence-electron chi connectivity index (χ3n) is 3.73. The number of amides is 1. The van der Waals surface area contributed by atoms with Crippen molar-refractivity contribution in [2.75, 3.05) is 32.0 Å². The van der Waals surface area contributed by atoms with Crippen LogP contribution < -0.4 is 10.6 Å².